The monoisotopic (exact) mass is 468 g/mol. The van der Waals surface area contributed by atoms with Crippen molar-refractivity contribution in [1.29, 1.82) is 0 Å². The van der Waals surface area contributed by atoms with Crippen molar-refractivity contribution in [2.45, 2.75) is 65.0 Å². The summed E-state index contributed by atoms with van der Waals surface area (Å²) in [5, 5.41) is 0. The van der Waals surface area contributed by atoms with Gasteiger partial charge in [0, 0.05) is 24.3 Å². The number of morpholine rings is 2. The Bertz CT molecular complexity index is 893. The van der Waals surface area contributed by atoms with Gasteiger partial charge in [-0.3, -0.25) is 9.59 Å². The van der Waals surface area contributed by atoms with Crippen molar-refractivity contribution in [3.05, 3.63) is 49.1 Å². The number of pyridine rings is 2. The lowest BCUT2D eigenvalue weighted by Gasteiger charge is -2.38. The van der Waals surface area contributed by atoms with Gasteiger partial charge in [-0.1, -0.05) is 0 Å². The number of aromatic nitrogens is 2. The smallest absolute Gasteiger partial charge is 0.289 e. The predicted octanol–water partition coefficient (Wildman–Crippen LogP) is 1.20. The van der Waals surface area contributed by atoms with Crippen LogP contribution in [0.3, 0.4) is 0 Å². The molecular formula is C26H36N4O4+2. The van der Waals surface area contributed by atoms with Crippen LogP contribution >= 0.6 is 0 Å². The Hall–Kier alpha value is -2.84. The fourth-order valence-electron chi connectivity index (χ4n) is 4.98. The molecule has 34 heavy (non-hydrogen) atoms. The van der Waals surface area contributed by atoms with Crippen molar-refractivity contribution in [2.75, 3.05) is 26.4 Å². The van der Waals surface area contributed by atoms with Gasteiger partial charge in [-0.25, -0.2) is 0 Å². The summed E-state index contributed by atoms with van der Waals surface area (Å²) in [4.78, 5) is 29.5. The topological polar surface area (TPSA) is 66.8 Å². The molecule has 182 valence electrons. The van der Waals surface area contributed by atoms with Crippen LogP contribution in [-0.2, 0) is 32.2 Å². The largest absolute Gasteiger partial charge is 0.377 e. The maximum Gasteiger partial charge on any atom is 0.289 e. The third-order valence-corrected chi connectivity index (χ3v) is 6.66. The minimum atomic E-state index is 0.0914. The maximum absolute atomic E-state index is 12.8. The first-order valence-corrected chi connectivity index (χ1v) is 12.1. The van der Waals surface area contributed by atoms with E-state index in [1.54, 1.807) is 0 Å². The van der Waals surface area contributed by atoms with E-state index in [2.05, 4.69) is 0 Å². The van der Waals surface area contributed by atoms with Crippen molar-refractivity contribution >= 4 is 11.8 Å². The van der Waals surface area contributed by atoms with Crippen LogP contribution in [0.4, 0.5) is 0 Å². The van der Waals surface area contributed by atoms with Gasteiger partial charge in [0.1, 0.15) is 0 Å². The molecular weight excluding hydrogens is 432 g/mol. The van der Waals surface area contributed by atoms with E-state index in [1.165, 1.54) is 0 Å². The Morgan fingerprint density at radius 1 is 0.676 bits per heavy atom. The lowest BCUT2D eigenvalue weighted by atomic mass is 10.1. The predicted molar refractivity (Wildman–Crippen MR) is 125 cm³/mol. The highest BCUT2D eigenvalue weighted by atomic mass is 16.5. The molecule has 2 amide bonds. The molecule has 0 spiro atoms. The quantitative estimate of drug-likeness (QED) is 0.619. The lowest BCUT2D eigenvalue weighted by Crippen LogP contribution is -2.56. The van der Waals surface area contributed by atoms with Crippen LogP contribution in [0.1, 0.15) is 27.7 Å². The van der Waals surface area contributed by atoms with Gasteiger partial charge in [0.2, 0.25) is 13.1 Å². The number of hydrogen-bond acceptors (Lipinski definition) is 4. The zero-order valence-electron chi connectivity index (χ0n) is 20.6. The highest BCUT2D eigenvalue weighted by Gasteiger charge is 2.32. The maximum atomic E-state index is 12.8. The number of rotatable bonds is 5. The van der Waals surface area contributed by atoms with Gasteiger partial charge in [0.25, 0.3) is 11.8 Å². The van der Waals surface area contributed by atoms with Crippen molar-refractivity contribution in [3.8, 4) is 11.1 Å². The van der Waals surface area contributed by atoms with Gasteiger partial charge in [-0.2, -0.15) is 9.13 Å². The molecule has 4 unspecified atom stereocenters. The molecule has 4 rings (SSSR count). The van der Waals surface area contributed by atoms with E-state index in [4.69, 9.17) is 9.47 Å². The summed E-state index contributed by atoms with van der Waals surface area (Å²) in [6.45, 7) is 11.1. The molecule has 2 aliphatic heterocycles. The Kier molecular flexibility index (Phi) is 7.58. The molecule has 0 bridgehead atoms. The lowest BCUT2D eigenvalue weighted by molar-refractivity contribution is -0.685. The number of carbonyl (C=O) groups excluding carboxylic acids is 2. The molecule has 2 fully saturated rings. The van der Waals surface area contributed by atoms with Crippen LogP contribution in [0.2, 0.25) is 0 Å². The SMILES string of the molecule is CC1COCC(C)N1C(=O)C[n+]1ccc(-c2cc[n+](CC(=O)N3C(C)COCC3C)cc2)cc1. The summed E-state index contributed by atoms with van der Waals surface area (Å²) in [5.41, 5.74) is 2.12. The Morgan fingerprint density at radius 2 is 0.971 bits per heavy atom. The summed E-state index contributed by atoms with van der Waals surface area (Å²) in [7, 11) is 0. The molecule has 0 aromatic carbocycles. The van der Waals surface area contributed by atoms with Crippen molar-refractivity contribution in [3.63, 3.8) is 0 Å². The van der Waals surface area contributed by atoms with Crippen molar-refractivity contribution in [2.24, 2.45) is 0 Å². The molecule has 4 heterocycles. The van der Waals surface area contributed by atoms with Crippen LogP contribution in [0.25, 0.3) is 11.1 Å². The molecule has 8 heteroatoms. The molecule has 2 aromatic heterocycles. The highest BCUT2D eigenvalue weighted by Crippen LogP contribution is 2.17. The summed E-state index contributed by atoms with van der Waals surface area (Å²) in [5.74, 6) is 0.214. The molecule has 4 atom stereocenters. The first kappa shape index (κ1) is 24.3. The normalized spacial score (nSPS) is 25.3. The van der Waals surface area contributed by atoms with E-state index >= 15 is 0 Å². The van der Waals surface area contributed by atoms with Gasteiger partial charge in [0.15, 0.2) is 24.8 Å². The van der Waals surface area contributed by atoms with Gasteiger partial charge >= 0.3 is 0 Å². The van der Waals surface area contributed by atoms with E-state index in [9.17, 15) is 9.59 Å². The van der Waals surface area contributed by atoms with Crippen LogP contribution in [0, 0.1) is 0 Å². The first-order chi connectivity index (χ1) is 16.3. The fourth-order valence-corrected chi connectivity index (χ4v) is 4.98. The fraction of sp³-hybridized carbons (Fsp3) is 0.538. The molecule has 0 aliphatic carbocycles. The summed E-state index contributed by atoms with van der Waals surface area (Å²) in [6, 6.07) is 8.43. The Balaban J connectivity index is 1.36. The first-order valence-electron chi connectivity index (χ1n) is 12.1. The van der Waals surface area contributed by atoms with Gasteiger partial charge < -0.3 is 19.3 Å². The van der Waals surface area contributed by atoms with Gasteiger partial charge in [-0.05, 0) is 38.8 Å². The summed E-state index contributed by atoms with van der Waals surface area (Å²) in [6.07, 6.45) is 7.76. The zero-order valence-corrected chi connectivity index (χ0v) is 20.6. The molecule has 2 saturated heterocycles. The van der Waals surface area contributed by atoms with E-state index in [0.717, 1.165) is 11.1 Å². The summed E-state index contributed by atoms with van der Waals surface area (Å²) < 4.78 is 14.9. The second kappa shape index (κ2) is 10.6. The number of ether oxygens (including phenoxy) is 2. The highest BCUT2D eigenvalue weighted by molar-refractivity contribution is 5.76. The number of amides is 2. The van der Waals surface area contributed by atoms with Crippen molar-refractivity contribution < 1.29 is 28.2 Å². The number of hydrogen-bond donors (Lipinski definition) is 0. The third kappa shape index (κ3) is 5.45. The molecule has 0 radical (unpaired) electrons. The van der Waals surface area contributed by atoms with Crippen LogP contribution < -0.4 is 9.13 Å². The molecule has 8 nitrogen and oxygen atoms in total. The van der Waals surface area contributed by atoms with Crippen LogP contribution in [0.5, 0.6) is 0 Å². The second-order valence-electron chi connectivity index (χ2n) is 9.59. The average Bonchev–Trinajstić information content (AvgIpc) is 2.80. The Labute approximate surface area is 201 Å². The minimum absolute atomic E-state index is 0.0914. The van der Waals surface area contributed by atoms with E-state index < -0.39 is 0 Å². The molecule has 2 aliphatic rings. The Morgan fingerprint density at radius 3 is 1.26 bits per heavy atom. The number of carbonyl (C=O) groups is 2. The van der Waals surface area contributed by atoms with Crippen LogP contribution in [-0.4, -0.2) is 72.2 Å². The molecule has 2 aromatic rings. The second-order valence-corrected chi connectivity index (χ2v) is 9.59. The van der Waals surface area contributed by atoms with E-state index in [1.807, 2.05) is 95.7 Å². The number of nitrogens with zero attached hydrogens (tertiary/aromatic N) is 4. The van der Waals surface area contributed by atoms with E-state index in [0.29, 0.717) is 39.5 Å². The summed E-state index contributed by atoms with van der Waals surface area (Å²) >= 11 is 0. The molecule has 0 N–H and O–H groups in total. The van der Waals surface area contributed by atoms with E-state index in [-0.39, 0.29) is 36.0 Å². The minimum Gasteiger partial charge on any atom is -0.377 e. The van der Waals surface area contributed by atoms with Crippen LogP contribution in [0.15, 0.2) is 49.1 Å². The zero-order chi connectivity index (χ0) is 24.2. The van der Waals surface area contributed by atoms with Crippen molar-refractivity contribution in [1.82, 2.24) is 9.80 Å². The van der Waals surface area contributed by atoms with Gasteiger partial charge in [0.05, 0.1) is 50.6 Å². The van der Waals surface area contributed by atoms with Gasteiger partial charge in [-0.15, -0.1) is 0 Å². The standard InChI is InChI=1S/C26H36N4O4/c1-19-15-33-16-20(2)29(19)25(31)13-27-9-5-23(6-10-27)24-7-11-28(12-8-24)14-26(32)30-21(3)17-34-18-22(30)4/h5-12,19-22H,13-18H2,1-4H3/q+2. The average molecular weight is 469 g/mol. The third-order valence-electron chi connectivity index (χ3n) is 6.66. The molecule has 0 saturated carbocycles.